The Balaban J connectivity index is 1.72. The molecular weight excluding hydrogens is 368 g/mol. The third-order valence-electron chi connectivity index (χ3n) is 4.75. The van der Waals surface area contributed by atoms with Crippen LogP contribution in [0.1, 0.15) is 28.9 Å². The van der Waals surface area contributed by atoms with Gasteiger partial charge in [-0.1, -0.05) is 72.3 Å². The SMILES string of the molecule is CC(NC(=O)c1cc(-c2ccccc2)nc2ccccc12)c1ccc(Cl)cc1. The van der Waals surface area contributed by atoms with Gasteiger partial charge in [-0.3, -0.25) is 4.79 Å². The Morgan fingerprint density at radius 3 is 2.36 bits per heavy atom. The summed E-state index contributed by atoms with van der Waals surface area (Å²) in [6, 6.07) is 26.8. The monoisotopic (exact) mass is 386 g/mol. The van der Waals surface area contributed by atoms with Crippen molar-refractivity contribution in [2.75, 3.05) is 0 Å². The molecule has 28 heavy (non-hydrogen) atoms. The lowest BCUT2D eigenvalue weighted by Gasteiger charge is -2.16. The van der Waals surface area contributed by atoms with Crippen molar-refractivity contribution < 1.29 is 4.79 Å². The van der Waals surface area contributed by atoms with Crippen LogP contribution in [0, 0.1) is 0 Å². The normalized spacial score (nSPS) is 11.9. The fourth-order valence-corrected chi connectivity index (χ4v) is 3.36. The van der Waals surface area contributed by atoms with E-state index in [1.807, 2.05) is 91.9 Å². The number of nitrogens with one attached hydrogen (secondary N) is 1. The van der Waals surface area contributed by atoms with E-state index in [4.69, 9.17) is 16.6 Å². The molecular formula is C24H19ClN2O. The van der Waals surface area contributed by atoms with Gasteiger partial charge in [-0.25, -0.2) is 4.98 Å². The number of carbonyl (C=O) groups is 1. The molecule has 138 valence electrons. The van der Waals surface area contributed by atoms with Gasteiger partial charge in [-0.05, 0) is 36.8 Å². The van der Waals surface area contributed by atoms with Gasteiger partial charge in [0.05, 0.1) is 22.8 Å². The minimum atomic E-state index is -0.142. The van der Waals surface area contributed by atoms with Gasteiger partial charge in [0.15, 0.2) is 0 Å². The van der Waals surface area contributed by atoms with E-state index in [0.29, 0.717) is 10.6 Å². The minimum Gasteiger partial charge on any atom is -0.345 e. The number of benzene rings is 3. The smallest absolute Gasteiger partial charge is 0.252 e. The highest BCUT2D eigenvalue weighted by atomic mass is 35.5. The van der Waals surface area contributed by atoms with Crippen LogP contribution in [0.3, 0.4) is 0 Å². The molecule has 3 nitrogen and oxygen atoms in total. The van der Waals surface area contributed by atoms with E-state index in [2.05, 4.69) is 5.32 Å². The van der Waals surface area contributed by atoms with E-state index in [9.17, 15) is 4.79 Å². The molecule has 1 N–H and O–H groups in total. The molecule has 0 saturated heterocycles. The zero-order chi connectivity index (χ0) is 19.5. The van der Waals surface area contributed by atoms with Crippen molar-refractivity contribution in [3.63, 3.8) is 0 Å². The Bertz CT molecular complexity index is 1120. The molecule has 1 heterocycles. The number of carbonyl (C=O) groups excluding carboxylic acids is 1. The molecule has 3 aromatic carbocycles. The average molecular weight is 387 g/mol. The van der Waals surface area contributed by atoms with Crippen molar-refractivity contribution in [3.8, 4) is 11.3 Å². The Morgan fingerprint density at radius 2 is 1.61 bits per heavy atom. The third kappa shape index (κ3) is 3.75. The van der Waals surface area contributed by atoms with Gasteiger partial charge >= 0.3 is 0 Å². The van der Waals surface area contributed by atoms with E-state index in [0.717, 1.165) is 27.7 Å². The number of fused-ring (bicyclic) bond motifs is 1. The molecule has 1 aromatic heterocycles. The summed E-state index contributed by atoms with van der Waals surface area (Å²) in [7, 11) is 0. The van der Waals surface area contributed by atoms with Crippen LogP contribution in [0.15, 0.2) is 84.9 Å². The molecule has 0 spiro atoms. The summed E-state index contributed by atoms with van der Waals surface area (Å²) < 4.78 is 0. The summed E-state index contributed by atoms with van der Waals surface area (Å²) in [6.07, 6.45) is 0. The molecule has 4 aromatic rings. The van der Waals surface area contributed by atoms with Crippen molar-refractivity contribution in [2.24, 2.45) is 0 Å². The fourth-order valence-electron chi connectivity index (χ4n) is 3.23. The van der Waals surface area contributed by atoms with Gasteiger partial charge in [-0.2, -0.15) is 0 Å². The van der Waals surface area contributed by atoms with Crippen molar-refractivity contribution in [2.45, 2.75) is 13.0 Å². The predicted molar refractivity (Wildman–Crippen MR) is 115 cm³/mol. The van der Waals surface area contributed by atoms with Crippen LogP contribution in [0.2, 0.25) is 5.02 Å². The fraction of sp³-hybridized carbons (Fsp3) is 0.0833. The van der Waals surface area contributed by atoms with Crippen molar-refractivity contribution in [1.29, 1.82) is 0 Å². The summed E-state index contributed by atoms with van der Waals surface area (Å²) in [6.45, 7) is 1.96. The number of hydrogen-bond acceptors (Lipinski definition) is 2. The number of halogens is 1. The number of amides is 1. The lowest BCUT2D eigenvalue weighted by molar-refractivity contribution is 0.0941. The zero-order valence-corrected chi connectivity index (χ0v) is 16.1. The predicted octanol–water partition coefficient (Wildman–Crippen LogP) is 6.05. The van der Waals surface area contributed by atoms with Gasteiger partial charge in [0.25, 0.3) is 5.91 Å². The molecule has 1 unspecified atom stereocenters. The Kier molecular flexibility index (Phi) is 5.09. The molecule has 1 atom stereocenters. The van der Waals surface area contributed by atoms with E-state index >= 15 is 0 Å². The second-order valence-corrected chi connectivity index (χ2v) is 7.12. The summed E-state index contributed by atoms with van der Waals surface area (Å²) in [4.78, 5) is 17.9. The maximum atomic E-state index is 13.1. The molecule has 0 fully saturated rings. The van der Waals surface area contributed by atoms with Gasteiger partial charge in [0, 0.05) is 16.0 Å². The van der Waals surface area contributed by atoms with Gasteiger partial charge < -0.3 is 5.32 Å². The molecule has 0 aliphatic heterocycles. The van der Waals surface area contributed by atoms with Gasteiger partial charge in [0.2, 0.25) is 0 Å². The van der Waals surface area contributed by atoms with Crippen LogP contribution in [0.25, 0.3) is 22.2 Å². The van der Waals surface area contributed by atoms with E-state index in [1.165, 1.54) is 0 Å². The Hall–Kier alpha value is -3.17. The highest BCUT2D eigenvalue weighted by Crippen LogP contribution is 2.25. The molecule has 0 aliphatic rings. The Labute approximate surface area is 169 Å². The maximum absolute atomic E-state index is 13.1. The number of nitrogens with zero attached hydrogens (tertiary/aromatic N) is 1. The van der Waals surface area contributed by atoms with Crippen molar-refractivity contribution in [1.82, 2.24) is 10.3 Å². The number of rotatable bonds is 4. The average Bonchev–Trinajstić information content (AvgIpc) is 2.74. The molecule has 4 heteroatoms. The number of aromatic nitrogens is 1. The van der Waals surface area contributed by atoms with E-state index < -0.39 is 0 Å². The van der Waals surface area contributed by atoms with Crippen LogP contribution in [-0.2, 0) is 0 Å². The maximum Gasteiger partial charge on any atom is 0.252 e. The lowest BCUT2D eigenvalue weighted by atomic mass is 10.0. The molecule has 0 bridgehead atoms. The van der Waals surface area contributed by atoms with Crippen molar-refractivity contribution >= 4 is 28.4 Å². The number of pyridine rings is 1. The zero-order valence-electron chi connectivity index (χ0n) is 15.4. The third-order valence-corrected chi connectivity index (χ3v) is 5.00. The number of para-hydroxylation sites is 1. The van der Waals surface area contributed by atoms with E-state index in [-0.39, 0.29) is 11.9 Å². The van der Waals surface area contributed by atoms with Gasteiger partial charge in [0.1, 0.15) is 0 Å². The standard InChI is InChI=1S/C24H19ClN2O/c1-16(17-11-13-19(25)14-12-17)26-24(28)21-15-23(18-7-3-2-4-8-18)27-22-10-6-5-9-20(21)22/h2-16H,1H3,(H,26,28). The second-order valence-electron chi connectivity index (χ2n) is 6.68. The minimum absolute atomic E-state index is 0.127. The molecule has 1 amide bonds. The molecule has 0 saturated carbocycles. The largest absolute Gasteiger partial charge is 0.345 e. The summed E-state index contributed by atoms with van der Waals surface area (Å²) in [5.74, 6) is -0.127. The van der Waals surface area contributed by atoms with Crippen LogP contribution >= 0.6 is 11.6 Å². The Morgan fingerprint density at radius 1 is 0.929 bits per heavy atom. The second kappa shape index (κ2) is 7.83. The van der Waals surface area contributed by atoms with Gasteiger partial charge in [-0.15, -0.1) is 0 Å². The topological polar surface area (TPSA) is 42.0 Å². The molecule has 0 aliphatic carbocycles. The van der Waals surface area contributed by atoms with Crippen LogP contribution < -0.4 is 5.32 Å². The first-order valence-corrected chi connectivity index (χ1v) is 9.51. The first-order valence-electron chi connectivity index (χ1n) is 9.13. The first-order chi connectivity index (χ1) is 13.6. The lowest BCUT2D eigenvalue weighted by Crippen LogP contribution is -2.27. The summed E-state index contributed by atoms with van der Waals surface area (Å²) in [5.41, 5.74) is 4.18. The van der Waals surface area contributed by atoms with Crippen LogP contribution in [0.5, 0.6) is 0 Å². The first kappa shape index (κ1) is 18.2. The molecule has 4 rings (SSSR count). The highest BCUT2D eigenvalue weighted by molar-refractivity contribution is 6.30. The quantitative estimate of drug-likeness (QED) is 0.464. The van der Waals surface area contributed by atoms with Crippen LogP contribution in [0.4, 0.5) is 0 Å². The van der Waals surface area contributed by atoms with E-state index in [1.54, 1.807) is 0 Å². The van der Waals surface area contributed by atoms with Crippen molar-refractivity contribution in [3.05, 3.63) is 101 Å². The molecule has 0 radical (unpaired) electrons. The summed E-state index contributed by atoms with van der Waals surface area (Å²) >= 11 is 5.96. The highest BCUT2D eigenvalue weighted by Gasteiger charge is 2.16. The van der Waals surface area contributed by atoms with Crippen LogP contribution in [-0.4, -0.2) is 10.9 Å². The summed E-state index contributed by atoms with van der Waals surface area (Å²) in [5, 5.41) is 4.60. The number of hydrogen-bond donors (Lipinski definition) is 1.